The Bertz CT molecular complexity index is 1430. The van der Waals surface area contributed by atoms with Crippen molar-refractivity contribution in [2.24, 2.45) is 0 Å². The first-order valence-corrected chi connectivity index (χ1v) is 9.12. The second kappa shape index (κ2) is 6.91. The first kappa shape index (κ1) is 17.2. The average Bonchev–Trinajstić information content (AvgIpc) is 2.76. The zero-order chi connectivity index (χ0) is 19.8. The zero-order valence-corrected chi connectivity index (χ0v) is 15.3. The number of nitrogens with zero attached hydrogens (tertiary/aromatic N) is 4. The van der Waals surface area contributed by atoms with Crippen LogP contribution in [0.2, 0.25) is 0 Å². The van der Waals surface area contributed by atoms with Gasteiger partial charge in [0.2, 0.25) is 0 Å². The molecule has 0 atom stereocenters. The third-order valence-electron chi connectivity index (χ3n) is 4.95. The van der Waals surface area contributed by atoms with E-state index in [4.69, 9.17) is 0 Å². The SMILES string of the molecule is O=c1c2ccncc2ncn1Cc1ccc(-c2cnc3ccccc3c2)cc1F. The van der Waals surface area contributed by atoms with Gasteiger partial charge in [0, 0.05) is 28.9 Å². The molecule has 5 nitrogen and oxygen atoms in total. The Morgan fingerprint density at radius 2 is 1.79 bits per heavy atom. The number of halogens is 1. The van der Waals surface area contributed by atoms with Crippen LogP contribution in [0.5, 0.6) is 0 Å². The van der Waals surface area contributed by atoms with Gasteiger partial charge >= 0.3 is 0 Å². The smallest absolute Gasteiger partial charge is 0.261 e. The molecular formula is C23H15FN4O. The van der Waals surface area contributed by atoms with E-state index < -0.39 is 0 Å². The van der Waals surface area contributed by atoms with Gasteiger partial charge in [-0.1, -0.05) is 30.3 Å². The largest absolute Gasteiger partial charge is 0.294 e. The molecule has 3 heterocycles. The maximum absolute atomic E-state index is 14.8. The van der Waals surface area contributed by atoms with Crippen molar-refractivity contribution in [3.8, 4) is 11.1 Å². The maximum atomic E-state index is 14.8. The quantitative estimate of drug-likeness (QED) is 0.469. The van der Waals surface area contributed by atoms with Gasteiger partial charge in [-0.05, 0) is 29.8 Å². The second-order valence-corrected chi connectivity index (χ2v) is 6.79. The number of hydrogen-bond donors (Lipinski definition) is 0. The Morgan fingerprint density at radius 1 is 0.897 bits per heavy atom. The molecule has 6 heteroatoms. The van der Waals surface area contributed by atoms with Crippen LogP contribution in [0.4, 0.5) is 4.39 Å². The standard InChI is InChI=1S/C23H15FN4O/c24-20-10-15(18-9-16-3-1-2-4-21(16)26-11-18)5-6-17(20)13-28-14-27-22-12-25-8-7-19(22)23(28)29/h1-12,14H,13H2. The zero-order valence-electron chi connectivity index (χ0n) is 15.3. The normalized spacial score (nSPS) is 11.2. The van der Waals surface area contributed by atoms with Crippen molar-refractivity contribution < 1.29 is 4.39 Å². The van der Waals surface area contributed by atoms with Gasteiger partial charge in [0.15, 0.2) is 0 Å². The number of fused-ring (bicyclic) bond motifs is 2. The van der Waals surface area contributed by atoms with Crippen LogP contribution in [-0.2, 0) is 6.54 Å². The molecule has 3 aromatic heterocycles. The minimum Gasteiger partial charge on any atom is -0.294 e. The van der Waals surface area contributed by atoms with Gasteiger partial charge in [-0.25, -0.2) is 9.37 Å². The number of aromatic nitrogens is 4. The lowest BCUT2D eigenvalue weighted by Gasteiger charge is -2.10. The average molecular weight is 382 g/mol. The van der Waals surface area contributed by atoms with E-state index in [1.165, 1.54) is 23.2 Å². The van der Waals surface area contributed by atoms with E-state index in [-0.39, 0.29) is 17.9 Å². The fourth-order valence-corrected chi connectivity index (χ4v) is 3.39. The molecule has 0 unspecified atom stereocenters. The molecule has 29 heavy (non-hydrogen) atoms. The first-order valence-electron chi connectivity index (χ1n) is 9.12. The number of pyridine rings is 2. The lowest BCUT2D eigenvalue weighted by atomic mass is 10.0. The lowest BCUT2D eigenvalue weighted by Crippen LogP contribution is -2.21. The lowest BCUT2D eigenvalue weighted by molar-refractivity contribution is 0.596. The summed E-state index contributed by atoms with van der Waals surface area (Å²) in [5, 5.41) is 1.46. The highest BCUT2D eigenvalue weighted by atomic mass is 19.1. The molecule has 0 N–H and O–H groups in total. The van der Waals surface area contributed by atoms with Crippen molar-refractivity contribution in [3.63, 3.8) is 0 Å². The van der Waals surface area contributed by atoms with Crippen LogP contribution in [0.3, 0.4) is 0 Å². The summed E-state index contributed by atoms with van der Waals surface area (Å²) in [6.45, 7) is 0.103. The van der Waals surface area contributed by atoms with E-state index in [0.717, 1.165) is 22.0 Å². The summed E-state index contributed by atoms with van der Waals surface area (Å²) in [7, 11) is 0. The Morgan fingerprint density at radius 3 is 2.69 bits per heavy atom. The molecule has 5 rings (SSSR count). The van der Waals surface area contributed by atoms with Crippen molar-refractivity contribution in [1.29, 1.82) is 0 Å². The summed E-state index contributed by atoms with van der Waals surface area (Å²) in [4.78, 5) is 25.3. The highest BCUT2D eigenvalue weighted by molar-refractivity contribution is 5.83. The summed E-state index contributed by atoms with van der Waals surface area (Å²) in [6.07, 6.45) is 6.24. The monoisotopic (exact) mass is 382 g/mol. The molecule has 0 saturated heterocycles. The molecule has 0 fully saturated rings. The Kier molecular flexibility index (Phi) is 4.09. The Labute approximate surface area is 165 Å². The van der Waals surface area contributed by atoms with E-state index in [9.17, 15) is 9.18 Å². The summed E-state index contributed by atoms with van der Waals surface area (Å²) >= 11 is 0. The summed E-state index contributed by atoms with van der Waals surface area (Å²) < 4.78 is 16.2. The molecule has 0 aliphatic rings. The molecule has 0 bridgehead atoms. The summed E-state index contributed by atoms with van der Waals surface area (Å²) in [6, 6.07) is 16.4. The molecule has 140 valence electrons. The highest BCUT2D eigenvalue weighted by Crippen LogP contribution is 2.25. The highest BCUT2D eigenvalue weighted by Gasteiger charge is 2.10. The second-order valence-electron chi connectivity index (χ2n) is 6.79. The third kappa shape index (κ3) is 3.14. The first-order chi connectivity index (χ1) is 14.2. The number of benzene rings is 2. The van der Waals surface area contributed by atoms with E-state index in [1.807, 2.05) is 36.4 Å². The van der Waals surface area contributed by atoms with Gasteiger partial charge in [0.05, 0.1) is 35.5 Å². The van der Waals surface area contributed by atoms with E-state index in [1.54, 1.807) is 24.5 Å². The number of rotatable bonds is 3. The predicted molar refractivity (Wildman–Crippen MR) is 110 cm³/mol. The van der Waals surface area contributed by atoms with Crippen LogP contribution in [0, 0.1) is 5.82 Å². The van der Waals surface area contributed by atoms with E-state index in [2.05, 4.69) is 15.0 Å². The van der Waals surface area contributed by atoms with Crippen LogP contribution in [-0.4, -0.2) is 19.5 Å². The molecule has 0 spiro atoms. The van der Waals surface area contributed by atoms with Gasteiger partial charge in [0.1, 0.15) is 5.82 Å². The predicted octanol–water partition coefficient (Wildman–Crippen LogP) is 4.19. The van der Waals surface area contributed by atoms with Crippen molar-refractivity contribution in [2.45, 2.75) is 6.54 Å². The van der Waals surface area contributed by atoms with Crippen LogP contribution < -0.4 is 5.56 Å². The van der Waals surface area contributed by atoms with Crippen molar-refractivity contribution in [3.05, 3.63) is 101 Å². The minimum absolute atomic E-state index is 0.103. The molecule has 0 radical (unpaired) electrons. The molecule has 0 aliphatic carbocycles. The van der Waals surface area contributed by atoms with Crippen molar-refractivity contribution >= 4 is 21.8 Å². The molecule has 5 aromatic rings. The van der Waals surface area contributed by atoms with Crippen LogP contribution >= 0.6 is 0 Å². The molecule has 0 saturated carbocycles. The fourth-order valence-electron chi connectivity index (χ4n) is 3.39. The van der Waals surface area contributed by atoms with Crippen LogP contribution in [0.25, 0.3) is 32.9 Å². The van der Waals surface area contributed by atoms with E-state index in [0.29, 0.717) is 16.5 Å². The van der Waals surface area contributed by atoms with Gasteiger partial charge in [-0.15, -0.1) is 0 Å². The molecule has 0 aliphatic heterocycles. The molecular weight excluding hydrogens is 367 g/mol. The topological polar surface area (TPSA) is 60.7 Å². The maximum Gasteiger partial charge on any atom is 0.261 e. The molecule has 2 aromatic carbocycles. The Hall–Kier alpha value is -3.93. The van der Waals surface area contributed by atoms with Gasteiger partial charge in [0.25, 0.3) is 5.56 Å². The number of hydrogen-bond acceptors (Lipinski definition) is 4. The Balaban J connectivity index is 1.50. The third-order valence-corrected chi connectivity index (χ3v) is 4.95. The minimum atomic E-state index is -0.377. The van der Waals surface area contributed by atoms with Crippen LogP contribution in [0.1, 0.15) is 5.56 Å². The van der Waals surface area contributed by atoms with Crippen LogP contribution in [0.15, 0.2) is 84.3 Å². The van der Waals surface area contributed by atoms with E-state index >= 15 is 0 Å². The summed E-state index contributed by atoms with van der Waals surface area (Å²) in [5.41, 5.74) is 3.19. The van der Waals surface area contributed by atoms with Gasteiger partial charge < -0.3 is 0 Å². The van der Waals surface area contributed by atoms with Crippen molar-refractivity contribution in [1.82, 2.24) is 19.5 Å². The van der Waals surface area contributed by atoms with Gasteiger partial charge in [-0.3, -0.25) is 19.3 Å². The number of para-hydroxylation sites is 1. The van der Waals surface area contributed by atoms with Crippen molar-refractivity contribution in [2.75, 3.05) is 0 Å². The molecule has 0 amide bonds. The van der Waals surface area contributed by atoms with Gasteiger partial charge in [-0.2, -0.15) is 0 Å². The summed E-state index contributed by atoms with van der Waals surface area (Å²) in [5.74, 6) is -0.377. The fraction of sp³-hybridized carbons (Fsp3) is 0.0435.